The number of ether oxygens (including phenoxy) is 2. The van der Waals surface area contributed by atoms with E-state index in [2.05, 4.69) is 9.47 Å². The summed E-state index contributed by atoms with van der Waals surface area (Å²) in [6, 6.07) is 0. The highest BCUT2D eigenvalue weighted by molar-refractivity contribution is 7.53. The second-order valence-corrected chi connectivity index (χ2v) is 4.41. The third-order valence-electron chi connectivity index (χ3n) is 1.83. The predicted molar refractivity (Wildman–Crippen MR) is 47.9 cm³/mol. The Morgan fingerprint density at radius 3 is 1.62 bits per heavy atom. The highest BCUT2D eigenvalue weighted by atomic mass is 31.2. The van der Waals surface area contributed by atoms with Crippen LogP contribution < -0.4 is 0 Å². The van der Waals surface area contributed by atoms with E-state index in [0.717, 1.165) is 14.2 Å². The topological polar surface area (TPSA) is 151 Å². The molecule has 0 saturated heterocycles. The molecule has 0 saturated carbocycles. The van der Waals surface area contributed by atoms with Gasteiger partial charge >= 0.3 is 19.5 Å². The van der Waals surface area contributed by atoms with Crippen molar-refractivity contribution in [2.45, 2.75) is 11.4 Å². The maximum absolute atomic E-state index is 10.9. The highest BCUT2D eigenvalue weighted by Gasteiger charge is 2.60. The molecule has 0 aromatic heterocycles. The predicted octanol–water partition coefficient (Wildman–Crippen LogP) is -1.31. The summed E-state index contributed by atoms with van der Waals surface area (Å²) < 4.78 is 19.5. The summed E-state index contributed by atoms with van der Waals surface area (Å²) >= 11 is 0. The normalized spacial score (nSPS) is 14.5. The summed E-state index contributed by atoms with van der Waals surface area (Å²) in [5, 5.41) is 17.4. The number of hydrogen-bond acceptors (Lipinski definition) is 5. The Balaban J connectivity index is 5.72. The lowest BCUT2D eigenvalue weighted by Gasteiger charge is -2.31. The summed E-state index contributed by atoms with van der Waals surface area (Å²) in [5.41, 5.74) is -2.66. The van der Waals surface area contributed by atoms with Gasteiger partial charge in [0, 0.05) is 14.2 Å². The van der Waals surface area contributed by atoms with E-state index in [1.165, 1.54) is 0 Å². The van der Waals surface area contributed by atoms with Crippen LogP contribution in [0.15, 0.2) is 0 Å². The Labute approximate surface area is 89.8 Å². The van der Waals surface area contributed by atoms with Crippen LogP contribution in [-0.4, -0.2) is 57.6 Å². The number of aliphatic carboxylic acids is 2. The van der Waals surface area contributed by atoms with Crippen molar-refractivity contribution in [2.75, 3.05) is 14.2 Å². The molecule has 0 aromatic carbocycles. The number of carbonyl (C=O) groups is 2. The molecular weight excluding hydrogens is 247 g/mol. The van der Waals surface area contributed by atoms with Crippen molar-refractivity contribution in [3.63, 3.8) is 0 Å². The summed E-state index contributed by atoms with van der Waals surface area (Å²) in [6.45, 7) is 0. The van der Waals surface area contributed by atoms with Crippen molar-refractivity contribution in [2.24, 2.45) is 0 Å². The molecule has 0 aliphatic rings. The van der Waals surface area contributed by atoms with E-state index in [-0.39, 0.29) is 0 Å². The van der Waals surface area contributed by atoms with Gasteiger partial charge in [-0.15, -0.1) is 0 Å². The van der Waals surface area contributed by atoms with E-state index >= 15 is 0 Å². The fourth-order valence-electron chi connectivity index (χ4n) is 1.13. The van der Waals surface area contributed by atoms with Crippen LogP contribution in [0.3, 0.4) is 0 Å². The fraction of sp³-hybridized carbons (Fsp3) is 0.667. The van der Waals surface area contributed by atoms with Gasteiger partial charge in [-0.25, -0.2) is 4.79 Å². The summed E-state index contributed by atoms with van der Waals surface area (Å²) in [5.74, 6) is -6.93. The highest BCUT2D eigenvalue weighted by Crippen LogP contribution is 2.48. The molecule has 0 aromatic rings. The first-order chi connectivity index (χ1) is 7.13. The first-order valence-corrected chi connectivity index (χ1v) is 5.43. The van der Waals surface area contributed by atoms with Crippen LogP contribution in [0.2, 0.25) is 0 Å². The van der Waals surface area contributed by atoms with E-state index in [9.17, 15) is 14.2 Å². The number of carboxylic acid groups (broad SMARTS) is 2. The van der Waals surface area contributed by atoms with Crippen LogP contribution in [-0.2, 0) is 23.6 Å². The third-order valence-corrected chi connectivity index (χ3v) is 3.07. The fourth-order valence-corrected chi connectivity index (χ4v) is 2.18. The van der Waals surface area contributed by atoms with Crippen molar-refractivity contribution in [1.82, 2.24) is 0 Å². The van der Waals surface area contributed by atoms with Gasteiger partial charge in [0.1, 0.15) is 0 Å². The van der Waals surface area contributed by atoms with Gasteiger partial charge in [-0.3, -0.25) is 9.36 Å². The molecule has 4 N–H and O–H groups in total. The average molecular weight is 258 g/mol. The molecule has 0 fully saturated rings. The second kappa shape index (κ2) is 4.89. The summed E-state index contributed by atoms with van der Waals surface area (Å²) in [4.78, 5) is 39.1. The molecule has 1 atom stereocenters. The van der Waals surface area contributed by atoms with Crippen LogP contribution in [0.25, 0.3) is 0 Å². The Morgan fingerprint density at radius 2 is 1.56 bits per heavy atom. The molecule has 0 amide bonds. The van der Waals surface area contributed by atoms with Gasteiger partial charge in [0.15, 0.2) is 0 Å². The molecule has 10 heteroatoms. The molecule has 0 rings (SSSR count). The number of rotatable bonds is 6. The Hall–Kier alpha value is -0.990. The number of carboxylic acids is 2. The maximum atomic E-state index is 10.9. The molecule has 0 aliphatic heterocycles. The molecule has 0 aliphatic carbocycles. The van der Waals surface area contributed by atoms with Crippen LogP contribution in [0.5, 0.6) is 0 Å². The molecule has 16 heavy (non-hydrogen) atoms. The Kier molecular flexibility index (Phi) is 4.59. The minimum Gasteiger partial charge on any atom is -0.480 e. The minimum absolute atomic E-state index is 0.767. The first kappa shape index (κ1) is 15.0. The third kappa shape index (κ3) is 2.57. The lowest BCUT2D eigenvalue weighted by molar-refractivity contribution is -0.228. The van der Waals surface area contributed by atoms with Gasteiger partial charge in [0.25, 0.3) is 5.79 Å². The van der Waals surface area contributed by atoms with Crippen molar-refractivity contribution < 1.29 is 43.6 Å². The lowest BCUT2D eigenvalue weighted by Crippen LogP contribution is -2.55. The largest absolute Gasteiger partial charge is 0.480 e. The van der Waals surface area contributed by atoms with Crippen LogP contribution in [0.1, 0.15) is 0 Å². The van der Waals surface area contributed by atoms with Crippen LogP contribution in [0.4, 0.5) is 0 Å². The standard InChI is InChI=1S/C6H11O9P/c1-14-6(15-2,5(9)10)3(4(7)8)16(11,12)13/h3H,1-2H3,(H,7,8)(H,9,10)(H2,11,12,13). The Bertz CT molecular complexity index is 327. The molecule has 9 nitrogen and oxygen atoms in total. The van der Waals surface area contributed by atoms with Crippen molar-refractivity contribution in [3.05, 3.63) is 0 Å². The molecule has 0 spiro atoms. The zero-order valence-electron chi connectivity index (χ0n) is 8.35. The van der Waals surface area contributed by atoms with E-state index in [0.29, 0.717) is 0 Å². The SMILES string of the molecule is COC(OC)(C(=O)O)C(C(=O)O)P(=O)(O)O. The van der Waals surface area contributed by atoms with Crippen LogP contribution in [0, 0.1) is 0 Å². The number of methoxy groups -OCH3 is 2. The van der Waals surface area contributed by atoms with Gasteiger partial charge in [-0.05, 0) is 0 Å². The Morgan fingerprint density at radius 1 is 1.19 bits per heavy atom. The molecule has 1 unspecified atom stereocenters. The monoisotopic (exact) mass is 258 g/mol. The van der Waals surface area contributed by atoms with E-state index in [1.54, 1.807) is 0 Å². The van der Waals surface area contributed by atoms with Crippen molar-refractivity contribution >= 4 is 19.5 Å². The maximum Gasteiger partial charge on any atom is 0.366 e. The molecule has 0 bridgehead atoms. The average Bonchev–Trinajstić information content (AvgIpc) is 2.10. The zero-order chi connectivity index (χ0) is 13.1. The van der Waals surface area contributed by atoms with E-state index < -0.39 is 31.0 Å². The number of hydrogen-bond donors (Lipinski definition) is 4. The molecular formula is C6H11O9P. The van der Waals surface area contributed by atoms with Gasteiger partial charge < -0.3 is 29.5 Å². The molecule has 0 heterocycles. The van der Waals surface area contributed by atoms with Gasteiger partial charge in [0.05, 0.1) is 0 Å². The van der Waals surface area contributed by atoms with Gasteiger partial charge in [0.2, 0.25) is 5.66 Å². The van der Waals surface area contributed by atoms with Gasteiger partial charge in [-0.2, -0.15) is 0 Å². The quantitative estimate of drug-likeness (QED) is 0.336. The summed E-state index contributed by atoms with van der Waals surface area (Å²) in [7, 11) is -3.74. The van der Waals surface area contributed by atoms with Crippen LogP contribution >= 0.6 is 7.60 Å². The zero-order valence-corrected chi connectivity index (χ0v) is 9.25. The van der Waals surface area contributed by atoms with Gasteiger partial charge in [-0.1, -0.05) is 0 Å². The van der Waals surface area contributed by atoms with E-state index in [1.807, 2.05) is 0 Å². The molecule has 0 radical (unpaired) electrons. The molecule has 94 valence electrons. The van der Waals surface area contributed by atoms with E-state index in [4.69, 9.17) is 20.0 Å². The summed E-state index contributed by atoms with van der Waals surface area (Å²) in [6.07, 6.45) is 0. The minimum atomic E-state index is -5.27. The van der Waals surface area contributed by atoms with Crippen molar-refractivity contribution in [3.8, 4) is 0 Å². The van der Waals surface area contributed by atoms with Crippen molar-refractivity contribution in [1.29, 1.82) is 0 Å². The smallest absolute Gasteiger partial charge is 0.366 e. The lowest BCUT2D eigenvalue weighted by atomic mass is 10.2. The first-order valence-electron chi connectivity index (χ1n) is 3.75. The second-order valence-electron chi connectivity index (χ2n) is 2.71.